The molecule has 2 rings (SSSR count). The molecule has 1 aromatic heterocycles. The zero-order valence-electron chi connectivity index (χ0n) is 11.2. The van der Waals surface area contributed by atoms with Crippen molar-refractivity contribution in [2.45, 2.75) is 6.92 Å². The summed E-state index contributed by atoms with van der Waals surface area (Å²) in [5.74, 6) is -0.0407. The van der Waals surface area contributed by atoms with Gasteiger partial charge >= 0.3 is 12.0 Å². The predicted molar refractivity (Wildman–Crippen MR) is 85.1 cm³/mol. The summed E-state index contributed by atoms with van der Waals surface area (Å²) in [6.07, 6.45) is 0. The number of aromatic nitrogens is 3. The van der Waals surface area contributed by atoms with Crippen molar-refractivity contribution in [2.75, 3.05) is 17.2 Å². The average molecular weight is 363 g/mol. The highest BCUT2D eigenvalue weighted by Crippen LogP contribution is 2.25. The number of ether oxygens (including phenoxy) is 1. The van der Waals surface area contributed by atoms with Gasteiger partial charge in [0.2, 0.25) is 11.2 Å². The fourth-order valence-electron chi connectivity index (χ4n) is 1.42. The molecule has 22 heavy (non-hydrogen) atoms. The summed E-state index contributed by atoms with van der Waals surface area (Å²) < 4.78 is 5.11. The normalized spacial score (nSPS) is 10.2. The summed E-state index contributed by atoms with van der Waals surface area (Å²) in [6, 6.07) is 4.11. The molecule has 2 N–H and O–H groups in total. The number of hydrogen-bond acceptors (Lipinski definition) is 5. The van der Waals surface area contributed by atoms with Gasteiger partial charge in [0.15, 0.2) is 0 Å². The quantitative estimate of drug-likeness (QED) is 0.861. The van der Waals surface area contributed by atoms with E-state index in [1.54, 1.807) is 19.1 Å². The van der Waals surface area contributed by atoms with Crippen LogP contribution in [0.25, 0.3) is 0 Å². The van der Waals surface area contributed by atoms with Gasteiger partial charge in [-0.15, -0.1) is 0 Å². The van der Waals surface area contributed by atoms with Crippen LogP contribution >= 0.6 is 34.8 Å². The minimum absolute atomic E-state index is 0.0207. The Balaban J connectivity index is 2.06. The van der Waals surface area contributed by atoms with Crippen molar-refractivity contribution in [1.82, 2.24) is 15.0 Å². The molecule has 0 spiro atoms. The molecule has 10 heteroatoms. The van der Waals surface area contributed by atoms with E-state index >= 15 is 0 Å². The largest absolute Gasteiger partial charge is 0.464 e. The second-order valence-corrected chi connectivity index (χ2v) is 5.00. The topological polar surface area (TPSA) is 89.0 Å². The van der Waals surface area contributed by atoms with E-state index in [1.807, 2.05) is 0 Å². The molecule has 2 amide bonds. The van der Waals surface area contributed by atoms with Gasteiger partial charge in [0.05, 0.1) is 16.7 Å². The zero-order valence-corrected chi connectivity index (χ0v) is 13.5. The van der Waals surface area contributed by atoms with Gasteiger partial charge in [0.1, 0.15) is 0 Å². The summed E-state index contributed by atoms with van der Waals surface area (Å²) in [4.78, 5) is 23.3. The number of nitrogens with one attached hydrogen (secondary N) is 2. The Hall–Kier alpha value is -1.83. The third-order valence-corrected chi connectivity index (χ3v) is 3.17. The van der Waals surface area contributed by atoms with Crippen LogP contribution in [0.5, 0.6) is 6.01 Å². The second kappa shape index (κ2) is 7.44. The van der Waals surface area contributed by atoms with Crippen molar-refractivity contribution >= 4 is 52.5 Å². The number of hydrogen-bond donors (Lipinski definition) is 2. The van der Waals surface area contributed by atoms with E-state index in [-0.39, 0.29) is 17.2 Å². The number of nitrogens with zero attached hydrogens (tertiary/aromatic N) is 3. The van der Waals surface area contributed by atoms with E-state index in [0.717, 1.165) is 0 Å². The molecule has 116 valence electrons. The number of benzene rings is 1. The molecule has 1 heterocycles. The maximum Gasteiger partial charge on any atom is 0.326 e. The monoisotopic (exact) mass is 361 g/mol. The molecule has 0 atom stereocenters. The van der Waals surface area contributed by atoms with Gasteiger partial charge in [0, 0.05) is 5.69 Å². The third-order valence-electron chi connectivity index (χ3n) is 2.26. The minimum atomic E-state index is -0.580. The summed E-state index contributed by atoms with van der Waals surface area (Å²) in [6.45, 7) is 2.12. The molecule has 0 aliphatic heterocycles. The smallest absolute Gasteiger partial charge is 0.326 e. The van der Waals surface area contributed by atoms with Crippen molar-refractivity contribution in [3.8, 4) is 6.01 Å². The van der Waals surface area contributed by atoms with Gasteiger partial charge in [-0.1, -0.05) is 23.2 Å². The number of amides is 2. The molecule has 2 aromatic rings. The van der Waals surface area contributed by atoms with Crippen molar-refractivity contribution in [3.63, 3.8) is 0 Å². The molecule has 0 saturated carbocycles. The van der Waals surface area contributed by atoms with Gasteiger partial charge in [-0.2, -0.15) is 15.0 Å². The summed E-state index contributed by atoms with van der Waals surface area (Å²) >= 11 is 17.4. The molecule has 0 bridgehead atoms. The molecule has 0 aliphatic rings. The van der Waals surface area contributed by atoms with Crippen molar-refractivity contribution in [2.24, 2.45) is 0 Å². The first-order valence-corrected chi connectivity index (χ1v) is 7.18. The maximum atomic E-state index is 11.9. The molecular weight excluding hydrogens is 353 g/mol. The summed E-state index contributed by atoms with van der Waals surface area (Å²) in [7, 11) is 0. The number of carbonyl (C=O) groups excluding carboxylic acids is 1. The Kier molecular flexibility index (Phi) is 5.59. The fraction of sp³-hybridized carbons (Fsp3) is 0.167. The van der Waals surface area contributed by atoms with Gasteiger partial charge in [-0.25, -0.2) is 4.79 Å². The van der Waals surface area contributed by atoms with Crippen LogP contribution in [-0.2, 0) is 0 Å². The maximum absolute atomic E-state index is 11.9. The van der Waals surface area contributed by atoms with Crippen LogP contribution in [0, 0.1) is 0 Å². The van der Waals surface area contributed by atoms with Crippen LogP contribution in [0.1, 0.15) is 6.92 Å². The van der Waals surface area contributed by atoms with E-state index in [0.29, 0.717) is 22.3 Å². The average Bonchev–Trinajstić information content (AvgIpc) is 2.42. The lowest BCUT2D eigenvalue weighted by atomic mass is 10.3. The molecule has 0 fully saturated rings. The highest BCUT2D eigenvalue weighted by molar-refractivity contribution is 6.42. The molecule has 0 aliphatic carbocycles. The first kappa shape index (κ1) is 16.5. The van der Waals surface area contributed by atoms with Crippen LogP contribution in [0.2, 0.25) is 15.3 Å². The Morgan fingerprint density at radius 3 is 2.59 bits per heavy atom. The molecule has 0 unspecified atom stereocenters. The number of halogens is 3. The van der Waals surface area contributed by atoms with E-state index in [2.05, 4.69) is 25.6 Å². The van der Waals surface area contributed by atoms with Crippen LogP contribution < -0.4 is 15.4 Å². The van der Waals surface area contributed by atoms with Crippen LogP contribution in [0.3, 0.4) is 0 Å². The van der Waals surface area contributed by atoms with Gasteiger partial charge in [-0.05, 0) is 36.7 Å². The number of urea groups is 1. The van der Waals surface area contributed by atoms with Gasteiger partial charge in [0.25, 0.3) is 0 Å². The first-order valence-electron chi connectivity index (χ1n) is 6.05. The predicted octanol–water partition coefficient (Wildman–Crippen LogP) is 3.87. The lowest BCUT2D eigenvalue weighted by Crippen LogP contribution is -2.21. The Morgan fingerprint density at radius 1 is 1.14 bits per heavy atom. The highest BCUT2D eigenvalue weighted by atomic mass is 35.5. The second-order valence-electron chi connectivity index (χ2n) is 3.85. The molecule has 0 radical (unpaired) electrons. The van der Waals surface area contributed by atoms with Crippen molar-refractivity contribution < 1.29 is 9.53 Å². The highest BCUT2D eigenvalue weighted by Gasteiger charge is 2.10. The van der Waals surface area contributed by atoms with Gasteiger partial charge < -0.3 is 10.1 Å². The standard InChI is InChI=1S/C12H10Cl3N5O2/c1-2-22-12-18-9(15)17-10(20-12)19-11(21)16-6-3-4-7(13)8(14)5-6/h3-5H,2H2,1H3,(H2,16,17,18,19,20,21). The van der Waals surface area contributed by atoms with Crippen LogP contribution in [0.4, 0.5) is 16.4 Å². The Labute approximate surface area is 141 Å². The SMILES string of the molecule is CCOc1nc(Cl)nc(NC(=O)Nc2ccc(Cl)c(Cl)c2)n1. The number of rotatable bonds is 4. The third kappa shape index (κ3) is 4.59. The Bertz CT molecular complexity index is 698. The number of anilines is 2. The fourth-order valence-corrected chi connectivity index (χ4v) is 1.87. The first-order chi connectivity index (χ1) is 10.5. The van der Waals surface area contributed by atoms with Crippen molar-refractivity contribution in [3.05, 3.63) is 33.5 Å². The van der Waals surface area contributed by atoms with E-state index in [1.165, 1.54) is 6.07 Å². The van der Waals surface area contributed by atoms with Crippen molar-refractivity contribution in [1.29, 1.82) is 0 Å². The molecule has 1 aromatic carbocycles. The van der Waals surface area contributed by atoms with E-state index in [4.69, 9.17) is 39.5 Å². The van der Waals surface area contributed by atoms with Crippen LogP contribution in [-0.4, -0.2) is 27.6 Å². The minimum Gasteiger partial charge on any atom is -0.464 e. The molecule has 7 nitrogen and oxygen atoms in total. The zero-order chi connectivity index (χ0) is 16.1. The van der Waals surface area contributed by atoms with E-state index < -0.39 is 6.03 Å². The molecule has 0 saturated heterocycles. The molecular formula is C12H10Cl3N5O2. The van der Waals surface area contributed by atoms with E-state index in [9.17, 15) is 4.79 Å². The number of carbonyl (C=O) groups is 1. The van der Waals surface area contributed by atoms with Crippen LogP contribution in [0.15, 0.2) is 18.2 Å². The summed E-state index contributed by atoms with van der Waals surface area (Å²) in [5.41, 5.74) is 0.456. The Morgan fingerprint density at radius 2 is 1.91 bits per heavy atom. The summed E-state index contributed by atoms with van der Waals surface area (Å²) in [5, 5.41) is 5.58. The lowest BCUT2D eigenvalue weighted by Gasteiger charge is -2.08. The van der Waals surface area contributed by atoms with Gasteiger partial charge in [-0.3, -0.25) is 5.32 Å². The lowest BCUT2D eigenvalue weighted by molar-refractivity contribution is 0.262.